The summed E-state index contributed by atoms with van der Waals surface area (Å²) in [4.78, 5) is 0. The number of nitrogens with two attached hydrogens (primary N) is 1. The van der Waals surface area contributed by atoms with Crippen LogP contribution in [0.25, 0.3) is 0 Å². The maximum atomic E-state index is 8.55. The first kappa shape index (κ1) is 13.3. The Balaban J connectivity index is 2.84. The van der Waals surface area contributed by atoms with Crippen molar-refractivity contribution in [2.24, 2.45) is 5.73 Å². The summed E-state index contributed by atoms with van der Waals surface area (Å²) in [6.45, 7) is 2.40. The summed E-state index contributed by atoms with van der Waals surface area (Å²) in [5, 5.41) is 8.55. The molecule has 0 fully saturated rings. The third kappa shape index (κ3) is 12.3. The van der Waals surface area contributed by atoms with Gasteiger partial charge in [0.1, 0.15) is 0 Å². The molecule has 0 aromatic rings. The van der Waals surface area contributed by atoms with Gasteiger partial charge in [-0.05, 0) is 37.7 Å². The lowest BCUT2D eigenvalue weighted by Gasteiger charge is -2.04. The maximum absolute atomic E-state index is 8.55. The summed E-state index contributed by atoms with van der Waals surface area (Å²) in [7, 11) is 0. The largest absolute Gasteiger partial charge is 0.396 e. The van der Waals surface area contributed by atoms with Crippen LogP contribution in [-0.2, 0) is 0 Å². The van der Waals surface area contributed by atoms with E-state index in [1.54, 1.807) is 0 Å². The van der Waals surface area contributed by atoms with Crippen molar-refractivity contribution in [2.45, 2.75) is 45.1 Å². The fraction of sp³-hybridized carbons (Fsp3) is 1.00. The standard InChI is InChI=1S/C10H23NOS/c1-10(11)6-9-13-8-5-3-2-4-7-12/h10,12H,2-9,11H2,1H3. The van der Waals surface area contributed by atoms with E-state index in [2.05, 4.69) is 6.92 Å². The van der Waals surface area contributed by atoms with E-state index in [0.717, 1.165) is 12.8 Å². The topological polar surface area (TPSA) is 46.2 Å². The molecule has 2 nitrogen and oxygen atoms in total. The molecule has 80 valence electrons. The number of hydrogen-bond donors (Lipinski definition) is 2. The van der Waals surface area contributed by atoms with Crippen molar-refractivity contribution >= 4 is 11.8 Å². The van der Waals surface area contributed by atoms with E-state index >= 15 is 0 Å². The highest BCUT2D eigenvalue weighted by Crippen LogP contribution is 2.09. The molecule has 0 heterocycles. The fourth-order valence-corrected chi connectivity index (χ4v) is 2.19. The van der Waals surface area contributed by atoms with Gasteiger partial charge in [0.05, 0.1) is 0 Å². The Labute approximate surface area is 86.3 Å². The molecule has 0 aliphatic rings. The minimum atomic E-state index is 0.345. The van der Waals surface area contributed by atoms with Gasteiger partial charge in [-0.1, -0.05) is 12.8 Å². The highest BCUT2D eigenvalue weighted by molar-refractivity contribution is 7.99. The number of unbranched alkanes of at least 4 members (excludes halogenated alkanes) is 3. The first-order chi connectivity index (χ1) is 6.27. The Morgan fingerprint density at radius 3 is 2.46 bits per heavy atom. The number of thioether (sulfide) groups is 1. The molecule has 0 aliphatic carbocycles. The van der Waals surface area contributed by atoms with Crippen LogP contribution in [0.15, 0.2) is 0 Å². The van der Waals surface area contributed by atoms with Gasteiger partial charge in [-0.15, -0.1) is 0 Å². The average molecular weight is 205 g/mol. The van der Waals surface area contributed by atoms with Gasteiger partial charge in [0, 0.05) is 12.6 Å². The van der Waals surface area contributed by atoms with E-state index in [9.17, 15) is 0 Å². The van der Waals surface area contributed by atoms with E-state index in [1.165, 1.54) is 30.8 Å². The van der Waals surface area contributed by atoms with Crippen LogP contribution in [0, 0.1) is 0 Å². The van der Waals surface area contributed by atoms with Crippen LogP contribution < -0.4 is 5.73 Å². The quantitative estimate of drug-likeness (QED) is 0.566. The number of hydrogen-bond acceptors (Lipinski definition) is 3. The molecule has 0 aromatic heterocycles. The van der Waals surface area contributed by atoms with Gasteiger partial charge >= 0.3 is 0 Å². The van der Waals surface area contributed by atoms with Crippen molar-refractivity contribution in [1.29, 1.82) is 0 Å². The second-order valence-electron chi connectivity index (χ2n) is 3.52. The normalized spacial score (nSPS) is 13.2. The molecule has 0 saturated carbocycles. The zero-order valence-electron chi connectivity index (χ0n) is 8.67. The number of aliphatic hydroxyl groups excluding tert-OH is 1. The monoisotopic (exact) mass is 205 g/mol. The van der Waals surface area contributed by atoms with Crippen LogP contribution in [0.5, 0.6) is 0 Å². The minimum absolute atomic E-state index is 0.345. The lowest BCUT2D eigenvalue weighted by molar-refractivity contribution is 0.283. The van der Waals surface area contributed by atoms with E-state index in [4.69, 9.17) is 10.8 Å². The fourth-order valence-electron chi connectivity index (χ4n) is 1.04. The molecule has 3 heteroatoms. The van der Waals surface area contributed by atoms with Gasteiger partial charge in [0.2, 0.25) is 0 Å². The molecule has 3 N–H and O–H groups in total. The third-order valence-electron chi connectivity index (χ3n) is 1.91. The van der Waals surface area contributed by atoms with Crippen molar-refractivity contribution < 1.29 is 5.11 Å². The highest BCUT2D eigenvalue weighted by atomic mass is 32.2. The van der Waals surface area contributed by atoms with Crippen LogP contribution in [0.3, 0.4) is 0 Å². The SMILES string of the molecule is CC(N)CCSCCCCCCO. The number of aliphatic hydroxyl groups is 1. The van der Waals surface area contributed by atoms with Crippen molar-refractivity contribution in [3.8, 4) is 0 Å². The Kier molecular flexibility index (Phi) is 10.6. The lowest BCUT2D eigenvalue weighted by atomic mass is 10.2. The molecule has 0 amide bonds. The summed E-state index contributed by atoms with van der Waals surface area (Å²) in [6.07, 6.45) is 5.80. The van der Waals surface area contributed by atoms with Gasteiger partial charge in [-0.25, -0.2) is 0 Å². The molecule has 13 heavy (non-hydrogen) atoms. The molecule has 0 spiro atoms. The molecular formula is C10H23NOS. The molecule has 0 saturated heterocycles. The molecule has 0 radical (unpaired) electrons. The van der Waals surface area contributed by atoms with Gasteiger partial charge in [0.25, 0.3) is 0 Å². The Hall–Kier alpha value is 0.270. The van der Waals surface area contributed by atoms with Crippen LogP contribution in [0.2, 0.25) is 0 Å². The zero-order valence-corrected chi connectivity index (χ0v) is 9.48. The zero-order chi connectivity index (χ0) is 9.94. The molecule has 1 unspecified atom stereocenters. The van der Waals surface area contributed by atoms with Crippen LogP contribution in [0.1, 0.15) is 39.0 Å². The summed E-state index contributed by atoms with van der Waals surface area (Å²) >= 11 is 2.00. The predicted octanol–water partition coefficient (Wildman–Crippen LogP) is 2.01. The van der Waals surface area contributed by atoms with Crippen LogP contribution in [-0.4, -0.2) is 29.3 Å². The van der Waals surface area contributed by atoms with E-state index in [-0.39, 0.29) is 0 Å². The first-order valence-electron chi connectivity index (χ1n) is 5.21. The molecule has 0 aromatic carbocycles. The van der Waals surface area contributed by atoms with Crippen LogP contribution in [0.4, 0.5) is 0 Å². The van der Waals surface area contributed by atoms with Crippen molar-refractivity contribution in [3.05, 3.63) is 0 Å². The smallest absolute Gasteiger partial charge is 0.0431 e. The predicted molar refractivity (Wildman–Crippen MR) is 61.1 cm³/mol. The Morgan fingerprint density at radius 1 is 1.15 bits per heavy atom. The Morgan fingerprint density at radius 2 is 1.85 bits per heavy atom. The van der Waals surface area contributed by atoms with Crippen molar-refractivity contribution in [2.75, 3.05) is 18.1 Å². The molecule has 0 rings (SSSR count). The highest BCUT2D eigenvalue weighted by Gasteiger charge is 1.94. The molecule has 0 aliphatic heterocycles. The van der Waals surface area contributed by atoms with Gasteiger partial charge < -0.3 is 10.8 Å². The van der Waals surface area contributed by atoms with Crippen molar-refractivity contribution in [1.82, 2.24) is 0 Å². The van der Waals surface area contributed by atoms with Crippen molar-refractivity contribution in [3.63, 3.8) is 0 Å². The third-order valence-corrected chi connectivity index (χ3v) is 3.02. The molecular weight excluding hydrogens is 182 g/mol. The van der Waals surface area contributed by atoms with Gasteiger partial charge in [-0.2, -0.15) is 11.8 Å². The Bertz CT molecular complexity index is 98.9. The minimum Gasteiger partial charge on any atom is -0.396 e. The maximum Gasteiger partial charge on any atom is 0.0431 e. The lowest BCUT2D eigenvalue weighted by Crippen LogP contribution is -2.15. The summed E-state index contributed by atoms with van der Waals surface area (Å²) in [6, 6.07) is 0.349. The number of rotatable bonds is 9. The van der Waals surface area contributed by atoms with E-state index in [1.807, 2.05) is 11.8 Å². The second-order valence-corrected chi connectivity index (χ2v) is 4.74. The van der Waals surface area contributed by atoms with E-state index < -0.39 is 0 Å². The first-order valence-corrected chi connectivity index (χ1v) is 6.37. The van der Waals surface area contributed by atoms with Crippen LogP contribution >= 0.6 is 11.8 Å². The van der Waals surface area contributed by atoms with Gasteiger partial charge in [-0.3, -0.25) is 0 Å². The summed E-state index contributed by atoms with van der Waals surface area (Å²) < 4.78 is 0. The molecule has 0 bridgehead atoms. The second kappa shape index (κ2) is 10.4. The molecule has 1 atom stereocenters. The van der Waals surface area contributed by atoms with Gasteiger partial charge in [0.15, 0.2) is 0 Å². The summed E-state index contributed by atoms with van der Waals surface area (Å²) in [5.74, 6) is 2.44. The van der Waals surface area contributed by atoms with E-state index in [0.29, 0.717) is 12.6 Å². The average Bonchev–Trinajstić information content (AvgIpc) is 2.09. The summed E-state index contributed by atoms with van der Waals surface area (Å²) in [5.41, 5.74) is 5.63.